The van der Waals surface area contributed by atoms with Crippen LogP contribution < -0.4 is 5.32 Å². The second-order valence-corrected chi connectivity index (χ2v) is 6.44. The van der Waals surface area contributed by atoms with Gasteiger partial charge in [0.2, 0.25) is 0 Å². The highest BCUT2D eigenvalue weighted by molar-refractivity contribution is 6.30. The first-order valence-corrected chi connectivity index (χ1v) is 8.37. The molecule has 118 valence electrons. The van der Waals surface area contributed by atoms with E-state index in [2.05, 4.69) is 30.1 Å². The van der Waals surface area contributed by atoms with Gasteiger partial charge in [-0.15, -0.1) is 0 Å². The molecule has 0 amide bonds. The highest BCUT2D eigenvalue weighted by Crippen LogP contribution is 2.26. The van der Waals surface area contributed by atoms with Gasteiger partial charge < -0.3 is 10.4 Å². The Hall–Kier alpha value is -0.610. The van der Waals surface area contributed by atoms with Crippen molar-refractivity contribution >= 4 is 11.6 Å². The molecule has 21 heavy (non-hydrogen) atoms. The summed E-state index contributed by atoms with van der Waals surface area (Å²) in [6.45, 7) is 7.69. The third-order valence-electron chi connectivity index (χ3n) is 4.59. The number of hydrogen-bond donors (Lipinski definition) is 2. The lowest BCUT2D eigenvalue weighted by molar-refractivity contribution is 0.135. The van der Waals surface area contributed by atoms with Crippen LogP contribution in [-0.2, 0) is 0 Å². The van der Waals surface area contributed by atoms with Gasteiger partial charge in [0.05, 0.1) is 6.61 Å². The molecule has 2 N–H and O–H groups in total. The van der Waals surface area contributed by atoms with Gasteiger partial charge in [-0.3, -0.25) is 4.90 Å². The minimum absolute atomic E-state index is 0.268. The molecule has 0 radical (unpaired) electrons. The van der Waals surface area contributed by atoms with Crippen LogP contribution in [0, 0.1) is 5.92 Å². The fourth-order valence-corrected chi connectivity index (χ4v) is 3.51. The lowest BCUT2D eigenvalue weighted by atomic mass is 10.0. The van der Waals surface area contributed by atoms with E-state index in [1.54, 1.807) is 0 Å². The molecule has 1 fully saturated rings. The summed E-state index contributed by atoms with van der Waals surface area (Å²) in [7, 11) is 0. The number of halogens is 1. The van der Waals surface area contributed by atoms with Crippen molar-refractivity contribution < 1.29 is 5.11 Å². The fraction of sp³-hybridized carbons (Fsp3) is 0.647. The number of aliphatic hydroxyl groups is 1. The van der Waals surface area contributed by atoms with Crippen molar-refractivity contribution in [3.63, 3.8) is 0 Å². The third kappa shape index (κ3) is 4.43. The summed E-state index contributed by atoms with van der Waals surface area (Å²) in [4.78, 5) is 2.43. The highest BCUT2D eigenvalue weighted by Gasteiger charge is 2.30. The van der Waals surface area contributed by atoms with Crippen LogP contribution in [0.1, 0.15) is 38.3 Å². The largest absolute Gasteiger partial charge is 0.395 e. The second-order valence-electron chi connectivity index (χ2n) is 6.01. The van der Waals surface area contributed by atoms with E-state index in [-0.39, 0.29) is 6.61 Å². The van der Waals surface area contributed by atoms with Crippen LogP contribution in [0.2, 0.25) is 5.02 Å². The first kappa shape index (κ1) is 16.8. The second kappa shape index (κ2) is 8.14. The molecule has 0 aliphatic carbocycles. The zero-order chi connectivity index (χ0) is 15.2. The normalized spacial score (nSPS) is 24.4. The van der Waals surface area contributed by atoms with Crippen molar-refractivity contribution in [2.45, 2.75) is 38.8 Å². The van der Waals surface area contributed by atoms with Crippen molar-refractivity contribution in [2.24, 2.45) is 5.92 Å². The summed E-state index contributed by atoms with van der Waals surface area (Å²) in [5.41, 5.74) is 1.25. The van der Waals surface area contributed by atoms with Crippen LogP contribution >= 0.6 is 11.6 Å². The first-order chi connectivity index (χ1) is 10.2. The summed E-state index contributed by atoms with van der Waals surface area (Å²) in [6, 6.07) is 8.75. The summed E-state index contributed by atoms with van der Waals surface area (Å²) < 4.78 is 0. The van der Waals surface area contributed by atoms with Gasteiger partial charge in [0, 0.05) is 23.7 Å². The van der Waals surface area contributed by atoms with E-state index < -0.39 is 0 Å². The molecule has 0 spiro atoms. The SMILES string of the molecule is CCNC(CCN1CCC(C)C1CO)c1cccc(Cl)c1. The maximum Gasteiger partial charge on any atom is 0.0589 e. The van der Waals surface area contributed by atoms with Gasteiger partial charge in [-0.1, -0.05) is 37.6 Å². The maximum atomic E-state index is 9.55. The van der Waals surface area contributed by atoms with Crippen molar-refractivity contribution in [1.82, 2.24) is 10.2 Å². The van der Waals surface area contributed by atoms with Crippen LogP contribution in [-0.4, -0.2) is 42.3 Å². The maximum absolute atomic E-state index is 9.55. The van der Waals surface area contributed by atoms with Crippen LogP contribution in [0.4, 0.5) is 0 Å². The van der Waals surface area contributed by atoms with Gasteiger partial charge in [-0.2, -0.15) is 0 Å². The molecule has 4 heteroatoms. The van der Waals surface area contributed by atoms with E-state index >= 15 is 0 Å². The zero-order valence-electron chi connectivity index (χ0n) is 13.1. The van der Waals surface area contributed by atoms with Crippen LogP contribution in [0.3, 0.4) is 0 Å². The van der Waals surface area contributed by atoms with Gasteiger partial charge in [0.15, 0.2) is 0 Å². The van der Waals surface area contributed by atoms with Crippen LogP contribution in [0.15, 0.2) is 24.3 Å². The van der Waals surface area contributed by atoms with Gasteiger partial charge in [-0.25, -0.2) is 0 Å². The number of aliphatic hydroxyl groups excluding tert-OH is 1. The molecule has 1 heterocycles. The Labute approximate surface area is 133 Å². The Bertz CT molecular complexity index is 441. The molecule has 0 bridgehead atoms. The Kier molecular flexibility index (Phi) is 6.49. The molecule has 2 rings (SSSR count). The van der Waals surface area contributed by atoms with Gasteiger partial charge >= 0.3 is 0 Å². The number of likely N-dealkylation sites (tertiary alicyclic amines) is 1. The number of hydrogen-bond acceptors (Lipinski definition) is 3. The molecule has 3 atom stereocenters. The van der Waals surface area contributed by atoms with Crippen molar-refractivity contribution in [2.75, 3.05) is 26.2 Å². The molecule has 1 aromatic rings. The minimum atomic E-state index is 0.268. The molecule has 1 aliphatic rings. The Balaban J connectivity index is 1.97. The average molecular weight is 311 g/mol. The molecule has 3 nitrogen and oxygen atoms in total. The van der Waals surface area contributed by atoms with E-state index in [0.717, 1.165) is 31.1 Å². The average Bonchev–Trinajstić information content (AvgIpc) is 2.83. The number of nitrogens with zero attached hydrogens (tertiary/aromatic N) is 1. The molecule has 1 saturated heterocycles. The minimum Gasteiger partial charge on any atom is -0.395 e. The quantitative estimate of drug-likeness (QED) is 0.812. The number of nitrogens with one attached hydrogen (secondary N) is 1. The predicted octanol–water partition coefficient (Wildman–Crippen LogP) is 3.08. The molecular formula is C17H27ClN2O. The summed E-state index contributed by atoms with van der Waals surface area (Å²) >= 11 is 6.11. The van der Waals surface area contributed by atoms with E-state index in [1.807, 2.05) is 18.2 Å². The third-order valence-corrected chi connectivity index (χ3v) is 4.83. The monoisotopic (exact) mass is 310 g/mol. The molecule has 3 unspecified atom stereocenters. The van der Waals surface area contributed by atoms with Crippen LogP contribution in [0.25, 0.3) is 0 Å². The van der Waals surface area contributed by atoms with Crippen LogP contribution in [0.5, 0.6) is 0 Å². The topological polar surface area (TPSA) is 35.5 Å². The lowest BCUT2D eigenvalue weighted by Crippen LogP contribution is -2.37. The summed E-state index contributed by atoms with van der Waals surface area (Å²) in [5.74, 6) is 0.596. The molecular weight excluding hydrogens is 284 g/mol. The standard InChI is InChI=1S/C17H27ClN2O/c1-3-19-16(14-5-4-6-15(18)11-14)8-10-20-9-7-13(2)17(20)12-21/h4-6,11,13,16-17,19,21H,3,7-10,12H2,1-2H3. The Morgan fingerprint density at radius 1 is 1.48 bits per heavy atom. The molecule has 0 saturated carbocycles. The van der Waals surface area contributed by atoms with E-state index in [9.17, 15) is 5.11 Å². The van der Waals surface area contributed by atoms with Crippen molar-refractivity contribution in [1.29, 1.82) is 0 Å². The summed E-state index contributed by atoms with van der Waals surface area (Å²) in [6.07, 6.45) is 2.23. The van der Waals surface area contributed by atoms with E-state index in [0.29, 0.717) is 18.0 Å². The summed E-state index contributed by atoms with van der Waals surface area (Å²) in [5, 5.41) is 13.9. The van der Waals surface area contributed by atoms with Crippen molar-refractivity contribution in [3.05, 3.63) is 34.9 Å². The Morgan fingerprint density at radius 3 is 2.95 bits per heavy atom. The smallest absolute Gasteiger partial charge is 0.0589 e. The first-order valence-electron chi connectivity index (χ1n) is 7.99. The van der Waals surface area contributed by atoms with Gasteiger partial charge in [0.25, 0.3) is 0 Å². The molecule has 1 aliphatic heterocycles. The number of benzene rings is 1. The van der Waals surface area contributed by atoms with Crippen molar-refractivity contribution in [3.8, 4) is 0 Å². The molecule has 0 aromatic heterocycles. The Morgan fingerprint density at radius 2 is 2.29 bits per heavy atom. The van der Waals surface area contributed by atoms with Gasteiger partial charge in [-0.05, 0) is 49.5 Å². The van der Waals surface area contributed by atoms with E-state index in [4.69, 9.17) is 11.6 Å². The number of rotatable bonds is 7. The van der Waals surface area contributed by atoms with E-state index in [1.165, 1.54) is 12.0 Å². The highest BCUT2D eigenvalue weighted by atomic mass is 35.5. The fourth-order valence-electron chi connectivity index (χ4n) is 3.31. The molecule has 1 aromatic carbocycles. The zero-order valence-corrected chi connectivity index (χ0v) is 13.8. The van der Waals surface area contributed by atoms with Gasteiger partial charge in [0.1, 0.15) is 0 Å². The lowest BCUT2D eigenvalue weighted by Gasteiger charge is -2.27. The predicted molar refractivity (Wildman–Crippen MR) is 88.7 cm³/mol.